The van der Waals surface area contributed by atoms with Gasteiger partial charge in [-0.2, -0.15) is 0 Å². The summed E-state index contributed by atoms with van der Waals surface area (Å²) in [4.78, 5) is 14.3. The van der Waals surface area contributed by atoms with Crippen molar-refractivity contribution in [2.75, 3.05) is 24.1 Å². The second-order valence-electron chi connectivity index (χ2n) is 5.51. The highest BCUT2D eigenvalue weighted by Crippen LogP contribution is 2.14. The van der Waals surface area contributed by atoms with Gasteiger partial charge in [0.1, 0.15) is 0 Å². The lowest BCUT2D eigenvalue weighted by Crippen LogP contribution is -2.33. The average molecular weight is 368 g/mol. The topological polar surface area (TPSA) is 58.4 Å². The molecule has 0 saturated carbocycles. The molecule has 0 spiro atoms. The maximum atomic E-state index is 12.2. The van der Waals surface area contributed by atoms with Crippen LogP contribution in [0.4, 0.5) is 11.4 Å². The zero-order valence-electron chi connectivity index (χ0n) is 13.7. The third-order valence-electron chi connectivity index (χ3n) is 3.39. The van der Waals surface area contributed by atoms with E-state index >= 15 is 0 Å². The number of hydrogen-bond acceptors (Lipinski definition) is 3. The molecule has 0 aliphatic heterocycles. The Morgan fingerprint density at radius 2 is 1.92 bits per heavy atom. The van der Waals surface area contributed by atoms with E-state index in [0.717, 1.165) is 29.9 Å². The smallest absolute Gasteiger partial charge is 0.238 e. The first-order valence-corrected chi connectivity index (χ1v) is 8.07. The van der Waals surface area contributed by atoms with Crippen molar-refractivity contribution in [1.29, 1.82) is 0 Å². The summed E-state index contributed by atoms with van der Waals surface area (Å²) in [5.74, 6) is -0.0373. The minimum atomic E-state index is -0.0373. The van der Waals surface area contributed by atoms with E-state index in [0.29, 0.717) is 18.1 Å². The molecule has 0 fully saturated rings. The molecule has 0 radical (unpaired) electrons. The standard InChI is InChI=1S/C18H22ClN3O.ClH/c1-2-10-22(12-14-4-3-5-16(20)11-14)13-18(23)21-17-8-6-15(19)7-9-17;/h3-9,11H,2,10,12-13,20H2,1H3,(H,21,23);1H. The van der Waals surface area contributed by atoms with E-state index < -0.39 is 0 Å². The Morgan fingerprint density at radius 3 is 2.54 bits per heavy atom. The molecule has 130 valence electrons. The molecular formula is C18H23Cl2N3O. The number of hydrogen-bond donors (Lipinski definition) is 2. The van der Waals surface area contributed by atoms with Crippen molar-refractivity contribution >= 4 is 41.3 Å². The third-order valence-corrected chi connectivity index (χ3v) is 3.64. The van der Waals surface area contributed by atoms with Gasteiger partial charge in [-0.3, -0.25) is 9.69 Å². The monoisotopic (exact) mass is 367 g/mol. The molecule has 0 aromatic heterocycles. The van der Waals surface area contributed by atoms with Gasteiger partial charge in [0.05, 0.1) is 6.54 Å². The maximum Gasteiger partial charge on any atom is 0.238 e. The summed E-state index contributed by atoms with van der Waals surface area (Å²) >= 11 is 5.85. The number of carbonyl (C=O) groups is 1. The van der Waals surface area contributed by atoms with Crippen LogP contribution in [0.2, 0.25) is 5.02 Å². The van der Waals surface area contributed by atoms with Crippen molar-refractivity contribution in [1.82, 2.24) is 4.90 Å². The number of carbonyl (C=O) groups excluding carboxylic acids is 1. The molecule has 2 rings (SSSR count). The van der Waals surface area contributed by atoms with Crippen LogP contribution in [0.25, 0.3) is 0 Å². The Kier molecular flexibility index (Phi) is 8.61. The van der Waals surface area contributed by atoms with Gasteiger partial charge in [-0.05, 0) is 54.9 Å². The number of benzene rings is 2. The van der Waals surface area contributed by atoms with Crippen LogP contribution in [0, 0.1) is 0 Å². The average Bonchev–Trinajstić information content (AvgIpc) is 2.50. The van der Waals surface area contributed by atoms with Gasteiger partial charge < -0.3 is 11.1 Å². The van der Waals surface area contributed by atoms with Crippen LogP contribution in [-0.2, 0) is 11.3 Å². The van der Waals surface area contributed by atoms with E-state index in [1.165, 1.54) is 0 Å². The van der Waals surface area contributed by atoms with Crippen molar-refractivity contribution in [3.05, 3.63) is 59.1 Å². The number of anilines is 2. The van der Waals surface area contributed by atoms with Crippen molar-refractivity contribution in [3.8, 4) is 0 Å². The van der Waals surface area contributed by atoms with Crippen LogP contribution < -0.4 is 11.1 Å². The van der Waals surface area contributed by atoms with Gasteiger partial charge in [-0.15, -0.1) is 12.4 Å². The van der Waals surface area contributed by atoms with Crippen LogP contribution >= 0.6 is 24.0 Å². The minimum Gasteiger partial charge on any atom is -0.399 e. The van der Waals surface area contributed by atoms with Crippen LogP contribution in [0.3, 0.4) is 0 Å². The molecule has 0 heterocycles. The molecule has 24 heavy (non-hydrogen) atoms. The largest absolute Gasteiger partial charge is 0.399 e. The highest BCUT2D eigenvalue weighted by Gasteiger charge is 2.11. The lowest BCUT2D eigenvalue weighted by atomic mass is 10.2. The van der Waals surface area contributed by atoms with Crippen molar-refractivity contribution in [2.24, 2.45) is 0 Å². The Bertz CT molecular complexity index is 647. The highest BCUT2D eigenvalue weighted by atomic mass is 35.5. The molecule has 0 saturated heterocycles. The number of nitrogens with one attached hydrogen (secondary N) is 1. The molecule has 0 unspecified atom stereocenters. The number of nitrogen functional groups attached to an aromatic ring is 1. The van der Waals surface area contributed by atoms with Crippen molar-refractivity contribution in [3.63, 3.8) is 0 Å². The molecule has 4 nitrogen and oxygen atoms in total. The van der Waals surface area contributed by atoms with Gasteiger partial charge in [-0.1, -0.05) is 30.7 Å². The predicted octanol–water partition coefficient (Wildman–Crippen LogP) is 4.19. The predicted molar refractivity (Wildman–Crippen MR) is 104 cm³/mol. The van der Waals surface area contributed by atoms with E-state index in [2.05, 4.69) is 17.1 Å². The molecule has 2 aromatic carbocycles. The van der Waals surface area contributed by atoms with E-state index in [4.69, 9.17) is 17.3 Å². The Morgan fingerprint density at radius 1 is 1.21 bits per heavy atom. The normalized spacial score (nSPS) is 10.3. The minimum absolute atomic E-state index is 0. The summed E-state index contributed by atoms with van der Waals surface area (Å²) in [6.07, 6.45) is 0.983. The first-order valence-electron chi connectivity index (χ1n) is 7.69. The number of amides is 1. The Labute approximate surface area is 154 Å². The van der Waals surface area contributed by atoms with Gasteiger partial charge >= 0.3 is 0 Å². The van der Waals surface area contributed by atoms with Crippen LogP contribution in [0.1, 0.15) is 18.9 Å². The molecule has 2 aromatic rings. The van der Waals surface area contributed by atoms with Gasteiger partial charge in [-0.25, -0.2) is 0 Å². The Hall–Kier alpha value is -1.75. The molecular weight excluding hydrogens is 345 g/mol. The van der Waals surface area contributed by atoms with Crippen molar-refractivity contribution < 1.29 is 4.79 Å². The second-order valence-corrected chi connectivity index (χ2v) is 5.95. The van der Waals surface area contributed by atoms with Crippen LogP contribution in [-0.4, -0.2) is 23.9 Å². The lowest BCUT2D eigenvalue weighted by Gasteiger charge is -2.21. The molecule has 0 aliphatic rings. The van der Waals surface area contributed by atoms with Gasteiger partial charge in [0, 0.05) is 22.9 Å². The molecule has 3 N–H and O–H groups in total. The maximum absolute atomic E-state index is 12.2. The molecule has 1 amide bonds. The van der Waals surface area contributed by atoms with E-state index in [9.17, 15) is 4.79 Å². The first kappa shape index (κ1) is 20.3. The molecule has 0 bridgehead atoms. The summed E-state index contributed by atoms with van der Waals surface area (Å²) in [6, 6.07) is 14.9. The summed E-state index contributed by atoms with van der Waals surface area (Å²) in [5, 5.41) is 3.54. The van der Waals surface area contributed by atoms with Crippen molar-refractivity contribution in [2.45, 2.75) is 19.9 Å². The molecule has 6 heteroatoms. The number of nitrogens with two attached hydrogens (primary N) is 1. The van der Waals surface area contributed by atoms with Crippen LogP contribution in [0.15, 0.2) is 48.5 Å². The van der Waals surface area contributed by atoms with Gasteiger partial charge in [0.15, 0.2) is 0 Å². The van der Waals surface area contributed by atoms with Crippen LogP contribution in [0.5, 0.6) is 0 Å². The quantitative estimate of drug-likeness (QED) is 0.721. The number of rotatable bonds is 7. The fourth-order valence-electron chi connectivity index (χ4n) is 2.42. The summed E-state index contributed by atoms with van der Waals surface area (Å²) in [5.41, 5.74) is 8.41. The fraction of sp³-hybridized carbons (Fsp3) is 0.278. The van der Waals surface area contributed by atoms with Gasteiger partial charge in [0.2, 0.25) is 5.91 Å². The fourth-order valence-corrected chi connectivity index (χ4v) is 2.54. The van der Waals surface area contributed by atoms with E-state index in [-0.39, 0.29) is 18.3 Å². The lowest BCUT2D eigenvalue weighted by molar-refractivity contribution is -0.117. The molecule has 0 atom stereocenters. The number of halogens is 2. The Balaban J connectivity index is 0.00000288. The van der Waals surface area contributed by atoms with E-state index in [1.807, 2.05) is 24.3 Å². The number of nitrogens with zero attached hydrogens (tertiary/aromatic N) is 1. The summed E-state index contributed by atoms with van der Waals surface area (Å²) < 4.78 is 0. The first-order chi connectivity index (χ1) is 11.1. The second kappa shape index (κ2) is 10.2. The highest BCUT2D eigenvalue weighted by molar-refractivity contribution is 6.30. The van der Waals surface area contributed by atoms with E-state index in [1.54, 1.807) is 24.3 Å². The zero-order valence-corrected chi connectivity index (χ0v) is 15.2. The molecule has 0 aliphatic carbocycles. The van der Waals surface area contributed by atoms with Gasteiger partial charge in [0.25, 0.3) is 0 Å². The third kappa shape index (κ3) is 6.79. The SMILES string of the molecule is CCCN(CC(=O)Nc1ccc(Cl)cc1)Cc1cccc(N)c1.Cl. The summed E-state index contributed by atoms with van der Waals surface area (Å²) in [7, 11) is 0. The zero-order chi connectivity index (χ0) is 16.7. The summed E-state index contributed by atoms with van der Waals surface area (Å²) in [6.45, 7) is 3.99.